The average Bonchev–Trinajstić information content (AvgIpc) is 3.01. The highest BCUT2D eigenvalue weighted by atomic mass is 16.2. The van der Waals surface area contributed by atoms with Crippen LogP contribution in [0.25, 0.3) is 0 Å². The van der Waals surface area contributed by atoms with Crippen molar-refractivity contribution in [1.82, 2.24) is 14.7 Å². The third-order valence-corrected chi connectivity index (χ3v) is 6.88. The molecule has 2 heterocycles. The Morgan fingerprint density at radius 1 is 0.875 bits per heavy atom. The molecule has 2 aromatic carbocycles. The third-order valence-electron chi connectivity index (χ3n) is 6.88. The fourth-order valence-electron chi connectivity index (χ4n) is 4.90. The molecule has 0 radical (unpaired) electrons. The molecular weight excluding hydrogens is 402 g/mol. The zero-order valence-corrected chi connectivity index (χ0v) is 18.7. The predicted octanol–water partition coefficient (Wildman–Crippen LogP) is 3.22. The summed E-state index contributed by atoms with van der Waals surface area (Å²) in [5.74, 6) is 0.0950. The molecule has 0 bridgehead atoms. The number of carbonyl (C=O) groups is 3. The van der Waals surface area contributed by atoms with Crippen molar-refractivity contribution < 1.29 is 14.4 Å². The number of amides is 3. The number of nitrogens with zero attached hydrogens (tertiary/aromatic N) is 3. The lowest BCUT2D eigenvalue weighted by Gasteiger charge is -2.38. The first kappa shape index (κ1) is 22.1. The average molecular weight is 434 g/mol. The topological polar surface area (TPSA) is 60.9 Å². The molecule has 3 amide bonds. The van der Waals surface area contributed by atoms with Crippen LogP contribution in [0.15, 0.2) is 60.7 Å². The summed E-state index contributed by atoms with van der Waals surface area (Å²) in [5, 5.41) is 0. The van der Waals surface area contributed by atoms with Gasteiger partial charge in [0.25, 0.3) is 0 Å². The van der Waals surface area contributed by atoms with Crippen LogP contribution < -0.4 is 0 Å². The molecule has 0 aliphatic carbocycles. The molecule has 1 atom stereocenters. The molecule has 1 unspecified atom stereocenters. The number of carbonyl (C=O) groups excluding carboxylic acids is 3. The summed E-state index contributed by atoms with van der Waals surface area (Å²) < 4.78 is 0. The number of likely N-dealkylation sites (tertiary alicyclic amines) is 2. The van der Waals surface area contributed by atoms with E-state index in [0.717, 1.165) is 17.5 Å². The van der Waals surface area contributed by atoms with Gasteiger partial charge in [0.15, 0.2) is 0 Å². The van der Waals surface area contributed by atoms with Gasteiger partial charge in [-0.1, -0.05) is 60.7 Å². The van der Waals surface area contributed by atoms with E-state index in [1.807, 2.05) is 65.6 Å². The lowest BCUT2D eigenvalue weighted by Crippen LogP contribution is -2.46. The van der Waals surface area contributed by atoms with Crippen LogP contribution >= 0.6 is 0 Å². The maximum absolute atomic E-state index is 12.9. The van der Waals surface area contributed by atoms with E-state index in [2.05, 4.69) is 0 Å². The Hall–Kier alpha value is -3.15. The van der Waals surface area contributed by atoms with Crippen molar-refractivity contribution in [2.45, 2.75) is 50.7 Å². The number of hydrogen-bond acceptors (Lipinski definition) is 3. The van der Waals surface area contributed by atoms with Crippen molar-refractivity contribution in [2.24, 2.45) is 0 Å². The largest absolute Gasteiger partial charge is 0.340 e. The van der Waals surface area contributed by atoms with Gasteiger partial charge < -0.3 is 14.7 Å². The first-order valence-electron chi connectivity index (χ1n) is 11.4. The molecule has 0 aromatic heterocycles. The van der Waals surface area contributed by atoms with Crippen LogP contribution in [-0.4, -0.2) is 58.1 Å². The van der Waals surface area contributed by atoms with E-state index in [4.69, 9.17) is 0 Å². The van der Waals surface area contributed by atoms with Crippen molar-refractivity contribution >= 4 is 17.7 Å². The first-order valence-corrected chi connectivity index (χ1v) is 11.4. The fourth-order valence-corrected chi connectivity index (χ4v) is 4.90. The minimum atomic E-state index is -0.295. The molecule has 2 aliphatic heterocycles. The molecule has 6 nitrogen and oxygen atoms in total. The fraction of sp³-hybridized carbons (Fsp3) is 0.423. The van der Waals surface area contributed by atoms with Crippen molar-refractivity contribution in [3.8, 4) is 0 Å². The van der Waals surface area contributed by atoms with Crippen LogP contribution in [0.1, 0.15) is 43.2 Å². The van der Waals surface area contributed by atoms with E-state index >= 15 is 0 Å². The number of benzene rings is 2. The number of likely N-dealkylation sites (N-methyl/N-ethyl adjacent to an activating group) is 1. The predicted molar refractivity (Wildman–Crippen MR) is 122 cm³/mol. The van der Waals surface area contributed by atoms with Gasteiger partial charge in [-0.05, 0) is 30.4 Å². The van der Waals surface area contributed by atoms with Crippen molar-refractivity contribution in [1.29, 1.82) is 0 Å². The van der Waals surface area contributed by atoms with Crippen molar-refractivity contribution in [3.63, 3.8) is 0 Å². The maximum atomic E-state index is 12.9. The smallest absolute Gasteiger partial charge is 0.242 e. The normalized spacial score (nSPS) is 21.2. The van der Waals surface area contributed by atoms with E-state index in [9.17, 15) is 14.4 Å². The summed E-state index contributed by atoms with van der Waals surface area (Å²) in [4.78, 5) is 43.8. The van der Waals surface area contributed by atoms with Gasteiger partial charge in [-0.25, -0.2) is 0 Å². The Kier molecular flexibility index (Phi) is 6.58. The van der Waals surface area contributed by atoms with Gasteiger partial charge in [0.05, 0.1) is 6.54 Å². The maximum Gasteiger partial charge on any atom is 0.242 e. The van der Waals surface area contributed by atoms with Crippen LogP contribution in [0, 0.1) is 0 Å². The number of hydrogen-bond donors (Lipinski definition) is 0. The van der Waals surface area contributed by atoms with Crippen molar-refractivity contribution in [3.05, 3.63) is 71.8 Å². The molecular formula is C26H31N3O3. The minimum Gasteiger partial charge on any atom is -0.340 e. The highest BCUT2D eigenvalue weighted by Crippen LogP contribution is 2.40. The van der Waals surface area contributed by atoms with Gasteiger partial charge in [-0.3, -0.25) is 14.4 Å². The Bertz CT molecular complexity index is 963. The molecule has 2 aromatic rings. The molecule has 4 rings (SSSR count). The summed E-state index contributed by atoms with van der Waals surface area (Å²) in [6.07, 6.45) is 3.05. The van der Waals surface area contributed by atoms with E-state index in [0.29, 0.717) is 45.3 Å². The Balaban J connectivity index is 1.41. The lowest BCUT2D eigenvalue weighted by atomic mass is 9.87. The Morgan fingerprint density at radius 2 is 1.47 bits per heavy atom. The second-order valence-corrected chi connectivity index (χ2v) is 8.99. The third kappa shape index (κ3) is 4.85. The summed E-state index contributed by atoms with van der Waals surface area (Å²) in [6, 6.07) is 19.8. The van der Waals surface area contributed by atoms with Gasteiger partial charge in [-0.2, -0.15) is 0 Å². The quantitative estimate of drug-likeness (QED) is 0.703. The minimum absolute atomic E-state index is 0.00217. The molecule has 0 saturated carbocycles. The summed E-state index contributed by atoms with van der Waals surface area (Å²) >= 11 is 0. The van der Waals surface area contributed by atoms with E-state index in [-0.39, 0.29) is 29.8 Å². The van der Waals surface area contributed by atoms with Crippen LogP contribution in [0.2, 0.25) is 0 Å². The molecule has 2 saturated heterocycles. The Morgan fingerprint density at radius 3 is 2.12 bits per heavy atom. The summed E-state index contributed by atoms with van der Waals surface area (Å²) in [5.41, 5.74) is 1.87. The number of rotatable bonds is 6. The van der Waals surface area contributed by atoms with Gasteiger partial charge in [0, 0.05) is 45.1 Å². The monoisotopic (exact) mass is 433 g/mol. The van der Waals surface area contributed by atoms with Crippen LogP contribution in [0.3, 0.4) is 0 Å². The zero-order chi connectivity index (χ0) is 22.6. The van der Waals surface area contributed by atoms with Crippen LogP contribution in [-0.2, 0) is 27.5 Å². The second-order valence-electron chi connectivity index (χ2n) is 8.99. The molecule has 0 N–H and O–H groups in total. The van der Waals surface area contributed by atoms with Gasteiger partial charge in [0.1, 0.15) is 0 Å². The standard InChI is InChI=1S/C26H31N3O3/c1-27(18-21-8-4-2-5-9-21)25(32)20-28-17-16-26(14-12-23(28)30)15-13-24(31)29(26)19-22-10-6-3-7-11-22/h2-11H,12-20H2,1H3. The lowest BCUT2D eigenvalue weighted by molar-refractivity contribution is -0.139. The Labute approximate surface area is 189 Å². The summed E-state index contributed by atoms with van der Waals surface area (Å²) in [6.45, 7) is 1.69. The van der Waals surface area contributed by atoms with Gasteiger partial charge >= 0.3 is 0 Å². The van der Waals surface area contributed by atoms with E-state index < -0.39 is 0 Å². The zero-order valence-electron chi connectivity index (χ0n) is 18.7. The van der Waals surface area contributed by atoms with E-state index in [1.54, 1.807) is 16.8 Å². The SMILES string of the molecule is CN(Cc1ccccc1)C(=O)CN1CCC2(CCC1=O)CCC(=O)N2Cc1ccccc1. The molecule has 6 heteroatoms. The molecule has 2 aliphatic rings. The highest BCUT2D eigenvalue weighted by Gasteiger charge is 2.46. The van der Waals surface area contributed by atoms with Gasteiger partial charge in [-0.15, -0.1) is 0 Å². The highest BCUT2D eigenvalue weighted by molar-refractivity contribution is 5.85. The van der Waals surface area contributed by atoms with Gasteiger partial charge in [0.2, 0.25) is 17.7 Å². The van der Waals surface area contributed by atoms with Crippen LogP contribution in [0.5, 0.6) is 0 Å². The second kappa shape index (κ2) is 9.55. The van der Waals surface area contributed by atoms with Crippen molar-refractivity contribution in [2.75, 3.05) is 20.1 Å². The first-order chi connectivity index (χ1) is 15.5. The molecule has 2 fully saturated rings. The molecule has 32 heavy (non-hydrogen) atoms. The van der Waals surface area contributed by atoms with Crippen LogP contribution in [0.4, 0.5) is 0 Å². The summed E-state index contributed by atoms with van der Waals surface area (Å²) in [7, 11) is 1.77. The molecule has 168 valence electrons. The van der Waals surface area contributed by atoms with E-state index in [1.165, 1.54) is 0 Å². The molecule has 1 spiro atoms.